The average molecular weight is 270 g/mol. The molecule has 1 aliphatic carbocycles. The molecular weight excluding hydrogens is 244 g/mol. The summed E-state index contributed by atoms with van der Waals surface area (Å²) in [6, 6.07) is 0.198. The first-order valence-corrected chi connectivity index (χ1v) is 7.00. The second-order valence-electron chi connectivity index (χ2n) is 6.30. The number of nitrogens with one attached hydrogen (secondary N) is 2. The highest BCUT2D eigenvalue weighted by Crippen LogP contribution is 2.24. The molecular formula is C14H26N2O3. The highest BCUT2D eigenvalue weighted by molar-refractivity contribution is 5.72. The van der Waals surface area contributed by atoms with Gasteiger partial charge in [0, 0.05) is 19.5 Å². The molecule has 0 unspecified atom stereocenters. The molecule has 1 rings (SSSR count). The van der Waals surface area contributed by atoms with Gasteiger partial charge in [-0.3, -0.25) is 4.79 Å². The maximum absolute atomic E-state index is 11.6. The van der Waals surface area contributed by atoms with Crippen LogP contribution in [-0.2, 0) is 9.53 Å². The zero-order valence-corrected chi connectivity index (χ0v) is 12.4. The first-order valence-electron chi connectivity index (χ1n) is 7.00. The van der Waals surface area contributed by atoms with Crippen LogP contribution in [0.25, 0.3) is 0 Å². The fraction of sp³-hybridized carbons (Fsp3) is 0.857. The molecule has 2 amide bonds. The summed E-state index contributed by atoms with van der Waals surface area (Å²) in [6.07, 6.45) is 3.62. The molecule has 1 aliphatic rings. The average Bonchev–Trinajstić information content (AvgIpc) is 2.25. The molecule has 1 fully saturated rings. The van der Waals surface area contributed by atoms with Crippen molar-refractivity contribution in [2.75, 3.05) is 6.54 Å². The molecule has 2 N–H and O–H groups in total. The molecule has 0 aromatic rings. The SMILES string of the molecule is CC(=O)NCC1CCC(NC(=O)OC(C)(C)C)CC1. The van der Waals surface area contributed by atoms with Crippen molar-refractivity contribution in [1.29, 1.82) is 0 Å². The second kappa shape index (κ2) is 6.78. The van der Waals surface area contributed by atoms with E-state index in [0.29, 0.717) is 5.92 Å². The van der Waals surface area contributed by atoms with Crippen molar-refractivity contribution >= 4 is 12.0 Å². The molecule has 110 valence electrons. The number of alkyl carbamates (subject to hydrolysis) is 1. The summed E-state index contributed by atoms with van der Waals surface area (Å²) in [5.41, 5.74) is -0.452. The predicted molar refractivity (Wildman–Crippen MR) is 73.8 cm³/mol. The first-order chi connectivity index (χ1) is 8.76. The standard InChI is InChI=1S/C14H26N2O3/c1-10(17)15-9-11-5-7-12(8-6-11)16-13(18)19-14(2,3)4/h11-12H,5-9H2,1-4H3,(H,15,17)(H,16,18). The molecule has 1 saturated carbocycles. The third-order valence-corrected chi connectivity index (χ3v) is 3.21. The molecule has 0 spiro atoms. The van der Waals surface area contributed by atoms with Crippen LogP contribution in [0.3, 0.4) is 0 Å². The van der Waals surface area contributed by atoms with Crippen molar-refractivity contribution in [3.05, 3.63) is 0 Å². The summed E-state index contributed by atoms with van der Waals surface area (Å²) < 4.78 is 5.24. The Balaban J connectivity index is 2.23. The van der Waals surface area contributed by atoms with Crippen molar-refractivity contribution in [3.63, 3.8) is 0 Å². The van der Waals surface area contributed by atoms with Crippen LogP contribution in [0.15, 0.2) is 0 Å². The number of hydrogen-bond donors (Lipinski definition) is 2. The lowest BCUT2D eigenvalue weighted by molar-refractivity contribution is -0.119. The van der Waals surface area contributed by atoms with Crippen LogP contribution in [0.5, 0.6) is 0 Å². The lowest BCUT2D eigenvalue weighted by Gasteiger charge is -2.30. The first kappa shape index (κ1) is 15.8. The van der Waals surface area contributed by atoms with Crippen LogP contribution in [0, 0.1) is 5.92 Å². The summed E-state index contributed by atoms with van der Waals surface area (Å²) in [6.45, 7) is 7.86. The van der Waals surface area contributed by atoms with Gasteiger partial charge in [-0.1, -0.05) is 0 Å². The zero-order chi connectivity index (χ0) is 14.5. The largest absolute Gasteiger partial charge is 0.444 e. The van der Waals surface area contributed by atoms with Crippen molar-refractivity contribution in [1.82, 2.24) is 10.6 Å². The predicted octanol–water partition coefficient (Wildman–Crippen LogP) is 2.21. The van der Waals surface area contributed by atoms with Gasteiger partial charge in [-0.05, 0) is 52.4 Å². The van der Waals surface area contributed by atoms with Gasteiger partial charge in [0.25, 0.3) is 0 Å². The van der Waals surface area contributed by atoms with Crippen molar-refractivity contribution < 1.29 is 14.3 Å². The van der Waals surface area contributed by atoms with Crippen molar-refractivity contribution in [2.24, 2.45) is 5.92 Å². The monoisotopic (exact) mass is 270 g/mol. The number of carbonyl (C=O) groups excluding carboxylic acids is 2. The van der Waals surface area contributed by atoms with E-state index >= 15 is 0 Å². The molecule has 0 aliphatic heterocycles. The van der Waals surface area contributed by atoms with Gasteiger partial charge in [0.15, 0.2) is 0 Å². The van der Waals surface area contributed by atoms with Crippen LogP contribution in [0.4, 0.5) is 4.79 Å². The van der Waals surface area contributed by atoms with Crippen LogP contribution in [0.1, 0.15) is 53.4 Å². The Morgan fingerprint density at radius 3 is 2.21 bits per heavy atom. The Bertz CT molecular complexity index is 315. The molecule has 0 atom stereocenters. The number of amides is 2. The summed E-state index contributed by atoms with van der Waals surface area (Å²) in [5, 5.41) is 5.76. The van der Waals surface area contributed by atoms with E-state index in [1.54, 1.807) is 0 Å². The van der Waals surface area contributed by atoms with Crippen molar-refractivity contribution in [2.45, 2.75) is 65.0 Å². The Hall–Kier alpha value is -1.26. The zero-order valence-electron chi connectivity index (χ0n) is 12.4. The van der Waals surface area contributed by atoms with Gasteiger partial charge in [0.05, 0.1) is 0 Å². The normalized spacial score (nSPS) is 23.6. The van der Waals surface area contributed by atoms with Crippen LogP contribution < -0.4 is 10.6 Å². The van der Waals surface area contributed by atoms with E-state index in [1.807, 2.05) is 20.8 Å². The van der Waals surface area contributed by atoms with E-state index < -0.39 is 5.60 Å². The van der Waals surface area contributed by atoms with Gasteiger partial charge in [-0.15, -0.1) is 0 Å². The summed E-state index contributed by atoms with van der Waals surface area (Å²) in [7, 11) is 0. The highest BCUT2D eigenvalue weighted by atomic mass is 16.6. The second-order valence-corrected chi connectivity index (χ2v) is 6.30. The van der Waals surface area contributed by atoms with Gasteiger partial charge in [-0.2, -0.15) is 0 Å². The number of carbonyl (C=O) groups is 2. The minimum absolute atomic E-state index is 0.0222. The summed E-state index contributed by atoms with van der Waals surface area (Å²) >= 11 is 0. The molecule has 5 heteroatoms. The van der Waals surface area contributed by atoms with Gasteiger partial charge < -0.3 is 15.4 Å². The molecule has 0 bridgehead atoms. The molecule has 0 saturated heterocycles. The fourth-order valence-electron chi connectivity index (χ4n) is 2.27. The van der Waals surface area contributed by atoms with Gasteiger partial charge in [-0.25, -0.2) is 4.79 Å². The molecule has 19 heavy (non-hydrogen) atoms. The molecule has 0 aromatic carbocycles. The number of hydrogen-bond acceptors (Lipinski definition) is 3. The maximum Gasteiger partial charge on any atom is 0.407 e. The molecule has 0 radical (unpaired) electrons. The summed E-state index contributed by atoms with van der Waals surface area (Å²) in [4.78, 5) is 22.5. The van der Waals surface area contributed by atoms with Crippen molar-refractivity contribution in [3.8, 4) is 0 Å². The van der Waals surface area contributed by atoms with E-state index in [2.05, 4.69) is 10.6 Å². The van der Waals surface area contributed by atoms with Crippen LogP contribution in [0.2, 0.25) is 0 Å². The lowest BCUT2D eigenvalue weighted by Crippen LogP contribution is -2.42. The fourth-order valence-corrected chi connectivity index (χ4v) is 2.27. The number of ether oxygens (including phenoxy) is 1. The molecule has 0 heterocycles. The number of rotatable bonds is 3. The Labute approximate surface area is 115 Å². The van der Waals surface area contributed by atoms with Gasteiger partial charge in [0.2, 0.25) is 5.91 Å². The van der Waals surface area contributed by atoms with E-state index in [9.17, 15) is 9.59 Å². The van der Waals surface area contributed by atoms with Crippen LogP contribution >= 0.6 is 0 Å². The van der Waals surface area contributed by atoms with E-state index in [4.69, 9.17) is 4.74 Å². The Morgan fingerprint density at radius 1 is 1.16 bits per heavy atom. The molecule has 0 aromatic heterocycles. The lowest BCUT2D eigenvalue weighted by atomic mass is 9.86. The third-order valence-electron chi connectivity index (χ3n) is 3.21. The topological polar surface area (TPSA) is 67.4 Å². The van der Waals surface area contributed by atoms with Gasteiger partial charge in [0.1, 0.15) is 5.60 Å². The minimum Gasteiger partial charge on any atom is -0.444 e. The molecule has 5 nitrogen and oxygen atoms in total. The third kappa shape index (κ3) is 7.03. The minimum atomic E-state index is -0.452. The summed E-state index contributed by atoms with van der Waals surface area (Å²) in [5.74, 6) is 0.551. The van der Waals surface area contributed by atoms with E-state index in [1.165, 1.54) is 6.92 Å². The smallest absolute Gasteiger partial charge is 0.407 e. The van der Waals surface area contributed by atoms with E-state index in [-0.39, 0.29) is 18.0 Å². The van der Waals surface area contributed by atoms with E-state index in [0.717, 1.165) is 32.2 Å². The quantitative estimate of drug-likeness (QED) is 0.826. The highest BCUT2D eigenvalue weighted by Gasteiger charge is 2.24. The van der Waals surface area contributed by atoms with Gasteiger partial charge >= 0.3 is 6.09 Å². The Morgan fingerprint density at radius 2 is 1.74 bits per heavy atom. The maximum atomic E-state index is 11.6. The Kier molecular flexibility index (Phi) is 5.63. The van der Waals surface area contributed by atoms with Crippen LogP contribution in [-0.4, -0.2) is 30.2 Å².